The van der Waals surface area contributed by atoms with Crippen molar-refractivity contribution in [2.75, 3.05) is 5.32 Å². The lowest BCUT2D eigenvalue weighted by molar-refractivity contribution is 0.102. The van der Waals surface area contributed by atoms with Gasteiger partial charge in [0.25, 0.3) is 5.91 Å². The van der Waals surface area contributed by atoms with Crippen molar-refractivity contribution in [1.82, 2.24) is 4.98 Å². The van der Waals surface area contributed by atoms with Crippen LogP contribution < -0.4 is 5.32 Å². The lowest BCUT2D eigenvalue weighted by atomic mass is 10.1. The zero-order valence-corrected chi connectivity index (χ0v) is 16.8. The zero-order valence-electron chi connectivity index (χ0n) is 13.7. The number of fused-ring (bicyclic) bond motifs is 1. The summed E-state index contributed by atoms with van der Waals surface area (Å²) in [5, 5.41) is 4.52. The van der Waals surface area contributed by atoms with E-state index in [2.05, 4.69) is 10.3 Å². The van der Waals surface area contributed by atoms with E-state index in [1.807, 2.05) is 36.4 Å². The minimum atomic E-state index is -0.268. The highest BCUT2D eigenvalue weighted by Crippen LogP contribution is 2.32. The molecule has 1 amide bonds. The summed E-state index contributed by atoms with van der Waals surface area (Å²) < 4.78 is 0.666. The molecule has 4 aromatic rings. The number of anilines is 1. The highest BCUT2D eigenvalue weighted by Gasteiger charge is 2.15. The molecule has 27 heavy (non-hydrogen) atoms. The largest absolute Gasteiger partial charge is 0.322 e. The molecule has 0 aliphatic heterocycles. The Balaban J connectivity index is 1.80. The number of carbonyl (C=O) groups is 1. The second-order valence-corrected chi connectivity index (χ2v) is 8.38. The van der Waals surface area contributed by atoms with Crippen LogP contribution in [0, 0.1) is 0 Å². The summed E-state index contributed by atoms with van der Waals surface area (Å²) in [6.07, 6.45) is 0. The second-order valence-electron chi connectivity index (χ2n) is 5.79. The first-order chi connectivity index (χ1) is 13.0. The number of nitrogens with one attached hydrogen (secondary N) is 1. The number of thiophene rings is 1. The van der Waals surface area contributed by atoms with Gasteiger partial charge in [-0.15, -0.1) is 11.3 Å². The van der Waals surface area contributed by atoms with Gasteiger partial charge in [0.2, 0.25) is 0 Å². The predicted octanol–water partition coefficient (Wildman–Crippen LogP) is 7.18. The van der Waals surface area contributed by atoms with Crippen LogP contribution in [0.4, 0.5) is 5.69 Å². The van der Waals surface area contributed by atoms with Gasteiger partial charge in [0.05, 0.1) is 26.0 Å². The number of carbonyl (C=O) groups excluding carboxylic acids is 1. The van der Waals surface area contributed by atoms with E-state index in [4.69, 9.17) is 34.8 Å². The number of rotatable bonds is 3. The summed E-state index contributed by atoms with van der Waals surface area (Å²) in [4.78, 5) is 18.6. The van der Waals surface area contributed by atoms with Crippen LogP contribution in [0.25, 0.3) is 21.5 Å². The summed E-state index contributed by atoms with van der Waals surface area (Å²) in [7, 11) is 0. The Morgan fingerprint density at radius 3 is 2.37 bits per heavy atom. The van der Waals surface area contributed by atoms with Gasteiger partial charge in [0, 0.05) is 21.1 Å². The lowest BCUT2D eigenvalue weighted by Crippen LogP contribution is -2.13. The van der Waals surface area contributed by atoms with E-state index in [-0.39, 0.29) is 5.91 Å². The highest BCUT2D eigenvalue weighted by molar-refractivity contribution is 7.19. The number of amides is 1. The monoisotopic (exact) mass is 432 g/mol. The van der Waals surface area contributed by atoms with Crippen molar-refractivity contribution in [3.63, 3.8) is 0 Å². The van der Waals surface area contributed by atoms with Gasteiger partial charge in [-0.1, -0.05) is 53.0 Å². The number of nitrogens with zero attached hydrogens (tertiary/aromatic N) is 1. The Labute approximate surface area is 174 Å². The van der Waals surface area contributed by atoms with Crippen LogP contribution in [0.15, 0.2) is 60.7 Å². The van der Waals surface area contributed by atoms with Crippen molar-refractivity contribution in [3.8, 4) is 10.6 Å². The molecule has 0 saturated carbocycles. The fourth-order valence-corrected chi connectivity index (χ4v) is 4.30. The van der Waals surface area contributed by atoms with Gasteiger partial charge in [-0.25, -0.2) is 4.98 Å². The van der Waals surface area contributed by atoms with Gasteiger partial charge in [0.15, 0.2) is 0 Å². The molecule has 2 aromatic heterocycles. The smallest absolute Gasteiger partial charge is 0.256 e. The number of hydrogen-bond acceptors (Lipinski definition) is 3. The fraction of sp³-hybridized carbons (Fsp3) is 0. The average molecular weight is 434 g/mol. The SMILES string of the molecule is O=C(Nc1cc(Cl)cc(Cl)c1)c1cc(-c2ccc(Cl)s2)nc2ccccc12. The molecule has 0 fully saturated rings. The van der Waals surface area contributed by atoms with E-state index in [9.17, 15) is 4.79 Å². The minimum absolute atomic E-state index is 0.268. The highest BCUT2D eigenvalue weighted by atomic mass is 35.5. The number of hydrogen-bond donors (Lipinski definition) is 1. The van der Waals surface area contributed by atoms with Crippen LogP contribution in [0.5, 0.6) is 0 Å². The number of para-hydroxylation sites is 1. The van der Waals surface area contributed by atoms with Crippen molar-refractivity contribution in [1.29, 1.82) is 0 Å². The van der Waals surface area contributed by atoms with Crippen molar-refractivity contribution in [2.45, 2.75) is 0 Å². The molecule has 0 aliphatic carbocycles. The summed E-state index contributed by atoms with van der Waals surface area (Å²) >= 11 is 19.5. The van der Waals surface area contributed by atoms with Crippen LogP contribution in [-0.2, 0) is 0 Å². The van der Waals surface area contributed by atoms with E-state index in [1.165, 1.54) is 11.3 Å². The number of benzene rings is 2. The van der Waals surface area contributed by atoms with E-state index >= 15 is 0 Å². The quantitative estimate of drug-likeness (QED) is 0.372. The number of pyridine rings is 1. The van der Waals surface area contributed by atoms with Crippen molar-refractivity contribution >= 4 is 68.6 Å². The van der Waals surface area contributed by atoms with Gasteiger partial charge in [-0.3, -0.25) is 4.79 Å². The van der Waals surface area contributed by atoms with Crippen LogP contribution >= 0.6 is 46.1 Å². The Kier molecular flexibility index (Phi) is 5.06. The molecule has 3 nitrogen and oxygen atoms in total. The second kappa shape index (κ2) is 7.49. The maximum absolute atomic E-state index is 13.0. The molecule has 4 rings (SSSR count). The van der Waals surface area contributed by atoms with E-state index in [0.29, 0.717) is 31.3 Å². The normalized spacial score (nSPS) is 10.9. The van der Waals surface area contributed by atoms with Crippen LogP contribution in [-0.4, -0.2) is 10.9 Å². The minimum Gasteiger partial charge on any atom is -0.322 e. The Hall–Kier alpha value is -2.11. The summed E-state index contributed by atoms with van der Waals surface area (Å²) in [6, 6.07) is 17.9. The van der Waals surface area contributed by atoms with E-state index in [0.717, 1.165) is 15.8 Å². The molecular weight excluding hydrogens is 423 g/mol. The average Bonchev–Trinajstić information content (AvgIpc) is 3.06. The van der Waals surface area contributed by atoms with Gasteiger partial charge in [-0.05, 0) is 42.5 Å². The topological polar surface area (TPSA) is 42.0 Å². The van der Waals surface area contributed by atoms with Crippen LogP contribution in [0.1, 0.15) is 10.4 Å². The Bertz CT molecular complexity index is 1150. The molecule has 0 aliphatic rings. The molecule has 7 heteroatoms. The fourth-order valence-electron chi connectivity index (χ4n) is 2.77. The molecule has 0 bridgehead atoms. The molecule has 2 aromatic carbocycles. The number of aromatic nitrogens is 1. The molecular formula is C20H11Cl3N2OS. The zero-order chi connectivity index (χ0) is 19.0. The first-order valence-corrected chi connectivity index (χ1v) is 9.87. The first-order valence-electron chi connectivity index (χ1n) is 7.92. The van der Waals surface area contributed by atoms with E-state index < -0.39 is 0 Å². The van der Waals surface area contributed by atoms with Gasteiger partial charge < -0.3 is 5.32 Å². The lowest BCUT2D eigenvalue weighted by Gasteiger charge is -2.10. The summed E-state index contributed by atoms with van der Waals surface area (Å²) in [5.41, 5.74) is 2.46. The molecule has 0 unspecified atom stereocenters. The molecule has 0 spiro atoms. The van der Waals surface area contributed by atoms with Crippen molar-refractivity contribution in [2.24, 2.45) is 0 Å². The molecule has 2 heterocycles. The Morgan fingerprint density at radius 2 is 1.67 bits per heavy atom. The third-order valence-corrected chi connectivity index (χ3v) is 5.60. The standard InChI is InChI=1S/C20H11Cl3N2OS/c21-11-7-12(22)9-13(8-11)24-20(26)15-10-17(18-5-6-19(23)27-18)25-16-4-2-1-3-14(15)16/h1-10H,(H,24,26). The van der Waals surface area contributed by atoms with E-state index in [1.54, 1.807) is 24.3 Å². The van der Waals surface area contributed by atoms with Crippen molar-refractivity contribution in [3.05, 3.63) is 80.6 Å². The van der Waals surface area contributed by atoms with Gasteiger partial charge >= 0.3 is 0 Å². The van der Waals surface area contributed by atoms with Crippen molar-refractivity contribution < 1.29 is 4.79 Å². The predicted molar refractivity (Wildman–Crippen MR) is 114 cm³/mol. The van der Waals surface area contributed by atoms with Gasteiger partial charge in [-0.2, -0.15) is 0 Å². The summed E-state index contributed by atoms with van der Waals surface area (Å²) in [6.45, 7) is 0. The molecule has 0 saturated heterocycles. The third kappa shape index (κ3) is 3.94. The molecule has 0 radical (unpaired) electrons. The molecule has 134 valence electrons. The molecule has 0 atom stereocenters. The third-order valence-electron chi connectivity index (χ3n) is 3.91. The molecule has 1 N–H and O–H groups in total. The number of halogens is 3. The maximum atomic E-state index is 13.0. The maximum Gasteiger partial charge on any atom is 0.256 e. The van der Waals surface area contributed by atoms with Crippen LogP contribution in [0.2, 0.25) is 14.4 Å². The van der Waals surface area contributed by atoms with Crippen LogP contribution in [0.3, 0.4) is 0 Å². The van der Waals surface area contributed by atoms with Gasteiger partial charge in [0.1, 0.15) is 0 Å². The summed E-state index contributed by atoms with van der Waals surface area (Å²) in [5.74, 6) is -0.268. The first kappa shape index (κ1) is 18.3. The Morgan fingerprint density at radius 1 is 0.926 bits per heavy atom.